The molecule has 0 spiro atoms. The molecule has 0 radical (unpaired) electrons. The molecule has 1 fully saturated rings. The summed E-state index contributed by atoms with van der Waals surface area (Å²) in [7, 11) is 0. The second kappa shape index (κ2) is 7.42. The Kier molecular flexibility index (Phi) is 5.83. The molecule has 21 heavy (non-hydrogen) atoms. The summed E-state index contributed by atoms with van der Waals surface area (Å²) in [6, 6.07) is 5.70. The van der Waals surface area contributed by atoms with Crippen LogP contribution in [0.3, 0.4) is 0 Å². The average Bonchev–Trinajstić information content (AvgIpc) is 2.46. The largest absolute Gasteiger partial charge is 0.329 e. The molecular formula is C19H32N2. The van der Waals surface area contributed by atoms with Gasteiger partial charge in [0.15, 0.2) is 0 Å². The molecule has 2 heteroatoms. The van der Waals surface area contributed by atoms with Gasteiger partial charge in [0.1, 0.15) is 0 Å². The van der Waals surface area contributed by atoms with Gasteiger partial charge in [0.25, 0.3) is 0 Å². The van der Waals surface area contributed by atoms with Crippen molar-refractivity contribution < 1.29 is 0 Å². The van der Waals surface area contributed by atoms with Gasteiger partial charge in [0.2, 0.25) is 0 Å². The van der Waals surface area contributed by atoms with Gasteiger partial charge in [0.05, 0.1) is 0 Å². The van der Waals surface area contributed by atoms with Gasteiger partial charge in [-0.1, -0.05) is 43.9 Å². The fourth-order valence-corrected chi connectivity index (χ4v) is 4.28. The van der Waals surface area contributed by atoms with E-state index in [-0.39, 0.29) is 0 Å². The van der Waals surface area contributed by atoms with Crippen LogP contribution in [0.4, 0.5) is 0 Å². The third kappa shape index (κ3) is 3.67. The van der Waals surface area contributed by atoms with Gasteiger partial charge in [-0.2, -0.15) is 0 Å². The molecule has 1 unspecified atom stereocenters. The molecule has 1 aliphatic carbocycles. The Morgan fingerprint density at radius 1 is 1.10 bits per heavy atom. The minimum absolute atomic E-state index is 0.374. The lowest BCUT2D eigenvalue weighted by molar-refractivity contribution is 0.113. The first-order chi connectivity index (χ1) is 10.1. The number of hydrogen-bond acceptors (Lipinski definition) is 2. The quantitative estimate of drug-likeness (QED) is 0.877. The van der Waals surface area contributed by atoms with Crippen molar-refractivity contribution in [2.24, 2.45) is 5.73 Å². The van der Waals surface area contributed by atoms with Gasteiger partial charge in [-0.15, -0.1) is 0 Å². The van der Waals surface area contributed by atoms with Gasteiger partial charge in [-0.05, 0) is 56.8 Å². The molecule has 1 aromatic carbocycles. The molecule has 1 aliphatic rings. The molecule has 0 saturated heterocycles. The topological polar surface area (TPSA) is 29.3 Å². The Hall–Kier alpha value is -0.860. The van der Waals surface area contributed by atoms with E-state index < -0.39 is 0 Å². The van der Waals surface area contributed by atoms with Crippen molar-refractivity contribution in [2.45, 2.75) is 71.9 Å². The first-order valence-electron chi connectivity index (χ1n) is 8.62. The van der Waals surface area contributed by atoms with E-state index in [1.54, 1.807) is 0 Å². The molecule has 0 heterocycles. The number of hydrogen-bond donors (Lipinski definition) is 1. The highest BCUT2D eigenvalue weighted by atomic mass is 15.2. The Bertz CT molecular complexity index is 438. The van der Waals surface area contributed by atoms with E-state index in [4.69, 9.17) is 5.73 Å². The zero-order valence-electron chi connectivity index (χ0n) is 14.3. The minimum atomic E-state index is 0.374. The molecular weight excluding hydrogens is 256 g/mol. The maximum atomic E-state index is 6.22. The van der Waals surface area contributed by atoms with Crippen LogP contribution in [0.15, 0.2) is 12.1 Å². The molecule has 0 aliphatic heterocycles. The van der Waals surface area contributed by atoms with Crippen molar-refractivity contribution in [2.75, 3.05) is 13.1 Å². The van der Waals surface area contributed by atoms with E-state index in [2.05, 4.69) is 44.7 Å². The van der Waals surface area contributed by atoms with Crippen LogP contribution in [-0.2, 0) is 0 Å². The van der Waals surface area contributed by atoms with E-state index in [0.717, 1.165) is 19.1 Å². The number of aryl methyl sites for hydroxylation is 3. The van der Waals surface area contributed by atoms with E-state index in [1.165, 1.54) is 54.4 Å². The standard InChI is InChI=1S/C19H32N2/c1-5-21(17-9-7-6-8-10-17)18(13-20)19-15(3)11-14(2)12-16(19)4/h11-12,17-18H,5-10,13,20H2,1-4H3. The van der Waals surface area contributed by atoms with E-state index in [0.29, 0.717) is 6.04 Å². The maximum Gasteiger partial charge on any atom is 0.0478 e. The smallest absolute Gasteiger partial charge is 0.0478 e. The minimum Gasteiger partial charge on any atom is -0.329 e. The summed E-state index contributed by atoms with van der Waals surface area (Å²) in [5, 5.41) is 0. The highest BCUT2D eigenvalue weighted by molar-refractivity contribution is 5.40. The van der Waals surface area contributed by atoms with Crippen LogP contribution in [0.25, 0.3) is 0 Å². The summed E-state index contributed by atoms with van der Waals surface area (Å²) in [6.45, 7) is 10.8. The van der Waals surface area contributed by atoms with Gasteiger partial charge in [-0.25, -0.2) is 0 Å². The molecule has 1 atom stereocenters. The van der Waals surface area contributed by atoms with Crippen LogP contribution in [0.5, 0.6) is 0 Å². The van der Waals surface area contributed by atoms with Crippen LogP contribution >= 0.6 is 0 Å². The predicted octanol–water partition coefficient (Wildman–Crippen LogP) is 4.27. The Labute approximate surface area is 130 Å². The lowest BCUT2D eigenvalue weighted by Crippen LogP contribution is -2.42. The van der Waals surface area contributed by atoms with Crippen molar-refractivity contribution in [1.29, 1.82) is 0 Å². The third-order valence-electron chi connectivity index (χ3n) is 5.10. The van der Waals surface area contributed by atoms with E-state index in [9.17, 15) is 0 Å². The van der Waals surface area contributed by atoms with Crippen LogP contribution in [-0.4, -0.2) is 24.0 Å². The first kappa shape index (κ1) is 16.5. The normalized spacial score (nSPS) is 18.2. The number of nitrogens with zero attached hydrogens (tertiary/aromatic N) is 1. The zero-order valence-corrected chi connectivity index (χ0v) is 14.3. The highest BCUT2D eigenvalue weighted by Crippen LogP contribution is 2.33. The number of nitrogens with two attached hydrogens (primary N) is 1. The monoisotopic (exact) mass is 288 g/mol. The summed E-state index contributed by atoms with van der Waals surface area (Å²) in [6.07, 6.45) is 6.85. The molecule has 2 rings (SSSR count). The molecule has 2 nitrogen and oxygen atoms in total. The van der Waals surface area contributed by atoms with Gasteiger partial charge >= 0.3 is 0 Å². The van der Waals surface area contributed by atoms with E-state index in [1.807, 2.05) is 0 Å². The van der Waals surface area contributed by atoms with Gasteiger partial charge < -0.3 is 5.73 Å². The highest BCUT2D eigenvalue weighted by Gasteiger charge is 2.28. The predicted molar refractivity (Wildman–Crippen MR) is 91.7 cm³/mol. The Balaban J connectivity index is 2.32. The SMILES string of the molecule is CCN(C1CCCCC1)C(CN)c1c(C)cc(C)cc1C. The second-order valence-electron chi connectivity index (χ2n) is 6.69. The summed E-state index contributed by atoms with van der Waals surface area (Å²) in [5.74, 6) is 0. The number of rotatable bonds is 5. The summed E-state index contributed by atoms with van der Waals surface area (Å²) in [4.78, 5) is 2.67. The molecule has 0 bridgehead atoms. The van der Waals surface area contributed by atoms with Crippen LogP contribution in [0, 0.1) is 20.8 Å². The summed E-state index contributed by atoms with van der Waals surface area (Å²) < 4.78 is 0. The molecule has 2 N–H and O–H groups in total. The maximum absolute atomic E-state index is 6.22. The van der Waals surface area contributed by atoms with Gasteiger partial charge in [0, 0.05) is 18.6 Å². The lowest BCUT2D eigenvalue weighted by atomic mass is 9.89. The van der Waals surface area contributed by atoms with Crippen LogP contribution in [0.2, 0.25) is 0 Å². The van der Waals surface area contributed by atoms with E-state index >= 15 is 0 Å². The zero-order chi connectivity index (χ0) is 15.4. The van der Waals surface area contributed by atoms with Crippen molar-refractivity contribution >= 4 is 0 Å². The Morgan fingerprint density at radius 3 is 2.14 bits per heavy atom. The number of likely N-dealkylation sites (N-methyl/N-ethyl adjacent to an activating group) is 1. The lowest BCUT2D eigenvalue weighted by Gasteiger charge is -2.40. The second-order valence-corrected chi connectivity index (χ2v) is 6.69. The molecule has 0 amide bonds. The average molecular weight is 288 g/mol. The third-order valence-corrected chi connectivity index (χ3v) is 5.10. The fourth-order valence-electron chi connectivity index (χ4n) is 4.28. The summed E-state index contributed by atoms with van der Waals surface area (Å²) in [5.41, 5.74) is 11.8. The fraction of sp³-hybridized carbons (Fsp3) is 0.684. The van der Waals surface area contributed by atoms with Gasteiger partial charge in [-0.3, -0.25) is 4.90 Å². The molecule has 118 valence electrons. The molecule has 1 aromatic rings. The Morgan fingerprint density at radius 2 is 1.67 bits per heavy atom. The first-order valence-corrected chi connectivity index (χ1v) is 8.62. The number of benzene rings is 1. The van der Waals surface area contributed by atoms with Crippen molar-refractivity contribution in [3.8, 4) is 0 Å². The van der Waals surface area contributed by atoms with Crippen molar-refractivity contribution in [1.82, 2.24) is 4.90 Å². The van der Waals surface area contributed by atoms with Crippen molar-refractivity contribution in [3.05, 3.63) is 34.4 Å². The van der Waals surface area contributed by atoms with Crippen molar-refractivity contribution in [3.63, 3.8) is 0 Å². The molecule has 0 aromatic heterocycles. The molecule has 1 saturated carbocycles. The van der Waals surface area contributed by atoms with Crippen LogP contribution in [0.1, 0.15) is 67.3 Å². The summed E-state index contributed by atoms with van der Waals surface area (Å²) >= 11 is 0. The van der Waals surface area contributed by atoms with Crippen LogP contribution < -0.4 is 5.73 Å².